The number of nitrogens with zero attached hydrogens (tertiary/aromatic N) is 3. The molecule has 3 aromatic rings. The van der Waals surface area contributed by atoms with E-state index in [0.29, 0.717) is 16.0 Å². The Hall–Kier alpha value is -2.45. The summed E-state index contributed by atoms with van der Waals surface area (Å²) in [7, 11) is 1.77. The molecule has 0 aliphatic rings. The molecule has 0 fully saturated rings. The van der Waals surface area contributed by atoms with Crippen molar-refractivity contribution in [3.63, 3.8) is 0 Å². The van der Waals surface area contributed by atoms with Gasteiger partial charge < -0.3 is 9.88 Å². The molecule has 0 atom stereocenters. The van der Waals surface area contributed by atoms with E-state index >= 15 is 0 Å². The van der Waals surface area contributed by atoms with Crippen molar-refractivity contribution < 1.29 is 13.6 Å². The van der Waals surface area contributed by atoms with Crippen molar-refractivity contribution in [1.82, 2.24) is 14.8 Å². The number of carbonyl (C=O) groups is 1. The maximum absolute atomic E-state index is 13.2. The number of aromatic nitrogens is 3. The zero-order chi connectivity index (χ0) is 18.7. The van der Waals surface area contributed by atoms with Gasteiger partial charge in [-0.15, -0.1) is 10.2 Å². The molecule has 0 aliphatic heterocycles. The van der Waals surface area contributed by atoms with Gasteiger partial charge in [0.25, 0.3) is 0 Å². The molecular weight excluding hydrogens is 382 g/mol. The van der Waals surface area contributed by atoms with E-state index in [-0.39, 0.29) is 17.3 Å². The van der Waals surface area contributed by atoms with Gasteiger partial charge in [0.15, 0.2) is 22.6 Å². The Morgan fingerprint density at radius 2 is 1.96 bits per heavy atom. The van der Waals surface area contributed by atoms with Crippen molar-refractivity contribution >= 4 is 35.0 Å². The highest BCUT2D eigenvalue weighted by molar-refractivity contribution is 7.99. The monoisotopic (exact) mass is 394 g/mol. The first-order chi connectivity index (χ1) is 12.5. The second kappa shape index (κ2) is 7.84. The van der Waals surface area contributed by atoms with Gasteiger partial charge in [0.2, 0.25) is 5.91 Å². The van der Waals surface area contributed by atoms with Gasteiger partial charge in [0.1, 0.15) is 0 Å². The largest absolute Gasteiger partial charge is 0.325 e. The van der Waals surface area contributed by atoms with E-state index < -0.39 is 11.6 Å². The number of halogens is 3. The van der Waals surface area contributed by atoms with Gasteiger partial charge in [-0.25, -0.2) is 8.78 Å². The lowest BCUT2D eigenvalue weighted by molar-refractivity contribution is -0.113. The molecule has 0 spiro atoms. The number of hydrogen-bond acceptors (Lipinski definition) is 4. The highest BCUT2D eigenvalue weighted by Gasteiger charge is 2.15. The molecule has 2 aromatic carbocycles. The van der Waals surface area contributed by atoms with Crippen LogP contribution in [0.5, 0.6) is 0 Å². The van der Waals surface area contributed by atoms with Crippen LogP contribution in [0.4, 0.5) is 14.5 Å². The third-order valence-electron chi connectivity index (χ3n) is 3.49. The SMILES string of the molecule is Cn1c(SCC(=O)Nc2ccc(F)c(F)c2)nnc1-c1ccccc1Cl. The van der Waals surface area contributed by atoms with E-state index in [4.69, 9.17) is 11.6 Å². The number of thioether (sulfide) groups is 1. The lowest BCUT2D eigenvalue weighted by Crippen LogP contribution is -2.14. The molecule has 0 unspecified atom stereocenters. The predicted molar refractivity (Wildman–Crippen MR) is 97.2 cm³/mol. The van der Waals surface area contributed by atoms with Gasteiger partial charge in [-0.1, -0.05) is 35.5 Å². The molecular formula is C17H13ClF2N4OS. The van der Waals surface area contributed by atoms with Crippen LogP contribution in [0.3, 0.4) is 0 Å². The van der Waals surface area contributed by atoms with Gasteiger partial charge in [-0.2, -0.15) is 0 Å². The van der Waals surface area contributed by atoms with Gasteiger partial charge in [0, 0.05) is 24.4 Å². The number of benzene rings is 2. The average molecular weight is 395 g/mol. The third kappa shape index (κ3) is 4.03. The minimum atomic E-state index is -1.02. The average Bonchev–Trinajstić information content (AvgIpc) is 2.97. The van der Waals surface area contributed by atoms with Gasteiger partial charge in [-0.05, 0) is 24.3 Å². The van der Waals surface area contributed by atoms with Crippen LogP contribution >= 0.6 is 23.4 Å². The number of carbonyl (C=O) groups excluding carboxylic acids is 1. The Kier molecular flexibility index (Phi) is 5.53. The second-order valence-corrected chi connectivity index (χ2v) is 6.66. The maximum Gasteiger partial charge on any atom is 0.234 e. The van der Waals surface area contributed by atoms with E-state index in [1.807, 2.05) is 18.2 Å². The van der Waals surface area contributed by atoms with Crippen molar-refractivity contribution in [3.05, 3.63) is 59.1 Å². The Labute approximate surface area is 157 Å². The summed E-state index contributed by atoms with van der Waals surface area (Å²) in [6, 6.07) is 10.4. The normalized spacial score (nSPS) is 10.8. The Bertz CT molecular complexity index is 964. The molecule has 1 aromatic heterocycles. The van der Waals surface area contributed by atoms with Crippen molar-refractivity contribution in [2.45, 2.75) is 5.16 Å². The molecule has 1 N–H and O–H groups in total. The number of rotatable bonds is 5. The lowest BCUT2D eigenvalue weighted by atomic mass is 10.2. The topological polar surface area (TPSA) is 59.8 Å². The second-order valence-electron chi connectivity index (χ2n) is 5.31. The van der Waals surface area contributed by atoms with Crippen molar-refractivity contribution in [1.29, 1.82) is 0 Å². The summed E-state index contributed by atoms with van der Waals surface area (Å²) in [5.74, 6) is -1.74. The van der Waals surface area contributed by atoms with Crippen LogP contribution in [-0.2, 0) is 11.8 Å². The summed E-state index contributed by atoms with van der Waals surface area (Å²) in [6.45, 7) is 0. The third-order valence-corrected chi connectivity index (χ3v) is 4.84. The van der Waals surface area contributed by atoms with E-state index in [0.717, 1.165) is 17.7 Å². The zero-order valence-corrected chi connectivity index (χ0v) is 15.1. The first-order valence-corrected chi connectivity index (χ1v) is 8.84. The summed E-state index contributed by atoms with van der Waals surface area (Å²) >= 11 is 7.34. The number of nitrogens with one attached hydrogen (secondary N) is 1. The highest BCUT2D eigenvalue weighted by atomic mass is 35.5. The van der Waals surface area contributed by atoms with Crippen LogP contribution < -0.4 is 5.32 Å². The van der Waals surface area contributed by atoms with Gasteiger partial charge in [-0.3, -0.25) is 4.79 Å². The van der Waals surface area contributed by atoms with Gasteiger partial charge in [0.05, 0.1) is 10.8 Å². The van der Waals surface area contributed by atoms with Crippen LogP contribution in [0, 0.1) is 11.6 Å². The minimum absolute atomic E-state index is 0.0352. The number of hydrogen-bond donors (Lipinski definition) is 1. The van der Waals surface area contributed by atoms with Gasteiger partial charge >= 0.3 is 0 Å². The lowest BCUT2D eigenvalue weighted by Gasteiger charge is -2.06. The molecule has 0 bridgehead atoms. The standard InChI is InChI=1S/C17H13ClF2N4OS/c1-24-16(11-4-2-3-5-12(11)18)22-23-17(24)26-9-15(25)21-10-6-7-13(19)14(20)8-10/h2-8H,9H2,1H3,(H,21,25). The van der Waals surface area contributed by atoms with E-state index in [9.17, 15) is 13.6 Å². The van der Waals surface area contributed by atoms with E-state index in [1.165, 1.54) is 17.8 Å². The first-order valence-electron chi connectivity index (χ1n) is 7.47. The Balaban J connectivity index is 1.66. The number of anilines is 1. The summed E-state index contributed by atoms with van der Waals surface area (Å²) in [4.78, 5) is 12.0. The molecule has 134 valence electrons. The molecule has 0 saturated heterocycles. The highest BCUT2D eigenvalue weighted by Crippen LogP contribution is 2.28. The molecule has 9 heteroatoms. The van der Waals surface area contributed by atoms with Crippen LogP contribution in [0.25, 0.3) is 11.4 Å². The van der Waals surface area contributed by atoms with Crippen LogP contribution in [0.1, 0.15) is 0 Å². The summed E-state index contributed by atoms with van der Waals surface area (Å²) in [5.41, 5.74) is 0.923. The molecule has 5 nitrogen and oxygen atoms in total. The first kappa shape index (κ1) is 18.3. The van der Waals surface area contributed by atoms with Crippen LogP contribution in [0.15, 0.2) is 47.6 Å². The molecule has 0 saturated carbocycles. The molecule has 1 amide bonds. The van der Waals surface area contributed by atoms with Crippen molar-refractivity contribution in [2.24, 2.45) is 7.05 Å². The molecule has 0 aliphatic carbocycles. The van der Waals surface area contributed by atoms with Crippen molar-refractivity contribution in [2.75, 3.05) is 11.1 Å². The molecule has 3 rings (SSSR count). The summed E-state index contributed by atoms with van der Waals surface area (Å²) in [5, 5.41) is 11.8. The fraction of sp³-hybridized carbons (Fsp3) is 0.118. The molecule has 1 heterocycles. The van der Waals surface area contributed by atoms with Crippen LogP contribution in [0.2, 0.25) is 5.02 Å². The fourth-order valence-electron chi connectivity index (χ4n) is 2.22. The maximum atomic E-state index is 13.2. The van der Waals surface area contributed by atoms with E-state index in [1.54, 1.807) is 17.7 Å². The molecule has 26 heavy (non-hydrogen) atoms. The number of amides is 1. The minimum Gasteiger partial charge on any atom is -0.325 e. The fourth-order valence-corrected chi connectivity index (χ4v) is 3.15. The quantitative estimate of drug-likeness (QED) is 0.660. The summed E-state index contributed by atoms with van der Waals surface area (Å²) in [6.07, 6.45) is 0. The molecule has 0 radical (unpaired) electrons. The Morgan fingerprint density at radius 1 is 1.19 bits per heavy atom. The Morgan fingerprint density at radius 3 is 2.69 bits per heavy atom. The van der Waals surface area contributed by atoms with Crippen molar-refractivity contribution in [3.8, 4) is 11.4 Å². The summed E-state index contributed by atoms with van der Waals surface area (Å²) < 4.78 is 27.8. The smallest absolute Gasteiger partial charge is 0.234 e. The van der Waals surface area contributed by atoms with E-state index in [2.05, 4.69) is 15.5 Å². The predicted octanol–water partition coefficient (Wildman–Crippen LogP) is 4.14. The van der Waals surface area contributed by atoms with Crippen LogP contribution in [-0.4, -0.2) is 26.4 Å². The zero-order valence-electron chi connectivity index (χ0n) is 13.5.